The van der Waals surface area contributed by atoms with E-state index in [1.165, 1.54) is 24.3 Å². The van der Waals surface area contributed by atoms with Crippen molar-refractivity contribution in [1.82, 2.24) is 0 Å². The summed E-state index contributed by atoms with van der Waals surface area (Å²) in [6.45, 7) is 1.72. The van der Waals surface area contributed by atoms with Crippen LogP contribution in [0.2, 0.25) is 0 Å². The zero-order valence-corrected chi connectivity index (χ0v) is 16.2. The predicted octanol–water partition coefficient (Wildman–Crippen LogP) is 5.56. The first-order chi connectivity index (χ1) is 11.1. The van der Waals surface area contributed by atoms with Crippen LogP contribution in [0.1, 0.15) is 5.56 Å². The van der Waals surface area contributed by atoms with Gasteiger partial charge in [-0.3, -0.25) is 0 Å². The first kappa shape index (κ1) is 20.4. The predicted molar refractivity (Wildman–Crippen MR) is 92.2 cm³/mol. The molecule has 2 aromatic rings. The van der Waals surface area contributed by atoms with E-state index in [0.717, 1.165) is 5.56 Å². The summed E-state index contributed by atoms with van der Waals surface area (Å²) in [6.07, 6.45) is 0. The van der Waals surface area contributed by atoms with Crippen LogP contribution >= 0.6 is 30.9 Å². The zero-order valence-electron chi connectivity index (χ0n) is 12.4. The van der Waals surface area contributed by atoms with Crippen LogP contribution in [0.5, 0.6) is 0 Å². The molecule has 0 heterocycles. The normalized spacial score (nSPS) is 16.0. The molecule has 0 aromatic heterocycles. The van der Waals surface area contributed by atoms with Crippen LogP contribution in [0.3, 0.4) is 0 Å². The van der Waals surface area contributed by atoms with Crippen molar-refractivity contribution in [3.63, 3.8) is 0 Å². The van der Waals surface area contributed by atoms with Crippen molar-refractivity contribution in [2.45, 2.75) is 16.7 Å². The molecule has 0 fully saturated rings. The molecule has 12 heteroatoms. The van der Waals surface area contributed by atoms with Crippen molar-refractivity contribution in [3.8, 4) is 0 Å². The SMILES string of the molecule is Cc1ccc(S(=O)(=O)OI(O)c2ccc(S(F)(F)(F)(F)F)cc2)cc1. The standard InChI is InChI=1S/C13H12F5IO4S2/c1-10-2-6-12(7-3-10)24(21,22)23-19(20)11-4-8-13(9-5-11)25(14,15,16,17)18/h2-9,20H,1H3. The van der Waals surface area contributed by atoms with Gasteiger partial charge in [0.15, 0.2) is 0 Å². The molecule has 0 bridgehead atoms. The third-order valence-electron chi connectivity index (χ3n) is 2.90. The van der Waals surface area contributed by atoms with Crippen molar-refractivity contribution in [2.75, 3.05) is 0 Å². The van der Waals surface area contributed by atoms with Crippen LogP contribution < -0.4 is 0 Å². The number of halogens is 6. The van der Waals surface area contributed by atoms with Gasteiger partial charge in [0.1, 0.15) is 0 Å². The molecule has 0 saturated carbocycles. The first-order valence-electron chi connectivity index (χ1n) is 6.33. The van der Waals surface area contributed by atoms with Crippen LogP contribution in [0.4, 0.5) is 19.4 Å². The van der Waals surface area contributed by atoms with E-state index in [2.05, 4.69) is 2.51 Å². The van der Waals surface area contributed by atoms with E-state index >= 15 is 0 Å². The minimum absolute atomic E-state index is 0.0967. The van der Waals surface area contributed by atoms with Crippen molar-refractivity contribution in [3.05, 3.63) is 57.7 Å². The van der Waals surface area contributed by atoms with E-state index in [4.69, 9.17) is 0 Å². The van der Waals surface area contributed by atoms with Crippen molar-refractivity contribution in [1.29, 1.82) is 0 Å². The Kier molecular flexibility index (Phi) is 4.70. The van der Waals surface area contributed by atoms with Gasteiger partial charge in [0.2, 0.25) is 0 Å². The average Bonchev–Trinajstić information content (AvgIpc) is 2.45. The summed E-state index contributed by atoms with van der Waals surface area (Å²) in [4.78, 5) is -2.37. The molecule has 2 rings (SSSR count). The van der Waals surface area contributed by atoms with Crippen LogP contribution in [0.15, 0.2) is 58.3 Å². The Morgan fingerprint density at radius 3 is 1.84 bits per heavy atom. The third-order valence-corrected chi connectivity index (χ3v) is 9.42. The quantitative estimate of drug-likeness (QED) is 0.416. The summed E-state index contributed by atoms with van der Waals surface area (Å²) >= 11 is -3.87. The van der Waals surface area contributed by atoms with Crippen LogP contribution in [0, 0.1) is 10.5 Å². The van der Waals surface area contributed by atoms with Gasteiger partial charge >= 0.3 is 149 Å². The summed E-state index contributed by atoms with van der Waals surface area (Å²) in [5.74, 6) is 0. The maximum absolute atomic E-state index is 12.6. The molecule has 0 spiro atoms. The van der Waals surface area contributed by atoms with Gasteiger partial charge in [0.05, 0.1) is 0 Å². The molecule has 2 aromatic carbocycles. The Morgan fingerprint density at radius 2 is 1.40 bits per heavy atom. The van der Waals surface area contributed by atoms with Crippen LogP contribution in [-0.2, 0) is 12.6 Å². The second kappa shape index (κ2) is 5.77. The average molecular weight is 518 g/mol. The second-order valence-electron chi connectivity index (χ2n) is 4.98. The minimum atomic E-state index is -9.83. The molecule has 1 N–H and O–H groups in total. The molecular formula is C13H12F5IO4S2. The zero-order chi connectivity index (χ0) is 19.2. The number of benzene rings is 2. The molecule has 0 aliphatic rings. The fourth-order valence-electron chi connectivity index (χ4n) is 1.66. The molecule has 0 atom stereocenters. The summed E-state index contributed by atoms with van der Waals surface area (Å²) in [7, 11) is -14.2. The molecule has 4 nitrogen and oxygen atoms in total. The van der Waals surface area contributed by atoms with E-state index in [0.29, 0.717) is 12.1 Å². The molecular weight excluding hydrogens is 506 g/mol. The van der Waals surface area contributed by atoms with Gasteiger partial charge < -0.3 is 0 Å². The summed E-state index contributed by atoms with van der Waals surface area (Å²) < 4.78 is 101. The molecule has 0 radical (unpaired) electrons. The van der Waals surface area contributed by atoms with E-state index < -0.39 is 45.9 Å². The van der Waals surface area contributed by atoms with Gasteiger partial charge in [-0.2, -0.15) is 0 Å². The molecule has 0 amide bonds. The van der Waals surface area contributed by atoms with Crippen molar-refractivity contribution < 1.29 is 33.8 Å². The fraction of sp³-hybridized carbons (Fsp3) is 0.0769. The van der Waals surface area contributed by atoms with Crippen molar-refractivity contribution in [2.24, 2.45) is 0 Å². The third kappa shape index (κ3) is 5.26. The molecule has 25 heavy (non-hydrogen) atoms. The van der Waals surface area contributed by atoms with Crippen LogP contribution in [-0.4, -0.2) is 11.9 Å². The first-order valence-corrected chi connectivity index (χ1v) is 12.6. The van der Waals surface area contributed by atoms with Gasteiger partial charge in [-0.1, -0.05) is 0 Å². The van der Waals surface area contributed by atoms with E-state index in [9.17, 15) is 31.3 Å². The number of aryl methyl sites for hydroxylation is 1. The van der Waals surface area contributed by atoms with Gasteiger partial charge in [0, 0.05) is 0 Å². The van der Waals surface area contributed by atoms with Gasteiger partial charge in [-0.25, -0.2) is 0 Å². The van der Waals surface area contributed by atoms with E-state index in [1.807, 2.05) is 0 Å². The number of hydrogen-bond acceptors (Lipinski definition) is 4. The summed E-state index contributed by atoms with van der Waals surface area (Å²) in [5.41, 5.74) is 0.782. The van der Waals surface area contributed by atoms with Gasteiger partial charge in [-0.05, 0) is 0 Å². The number of rotatable bonds is 5. The molecule has 0 aliphatic heterocycles. The van der Waals surface area contributed by atoms with Crippen LogP contribution in [0.25, 0.3) is 0 Å². The molecule has 0 unspecified atom stereocenters. The number of hydrogen-bond donors (Lipinski definition) is 1. The van der Waals surface area contributed by atoms with Crippen molar-refractivity contribution >= 4 is 41.0 Å². The fourth-order valence-corrected chi connectivity index (χ4v) is 6.64. The Hall–Kier alpha value is -0.960. The molecule has 0 saturated heterocycles. The monoisotopic (exact) mass is 518 g/mol. The van der Waals surface area contributed by atoms with E-state index in [-0.39, 0.29) is 20.6 Å². The van der Waals surface area contributed by atoms with Gasteiger partial charge in [-0.15, -0.1) is 0 Å². The van der Waals surface area contributed by atoms with Gasteiger partial charge in [0.25, 0.3) is 0 Å². The second-order valence-corrected chi connectivity index (χ2v) is 12.5. The topological polar surface area (TPSA) is 63.6 Å². The Morgan fingerprint density at radius 1 is 0.920 bits per heavy atom. The summed E-state index contributed by atoms with van der Waals surface area (Å²) in [6, 6.07) is 6.84. The Bertz CT molecular complexity index is 882. The maximum atomic E-state index is 12.6. The Balaban J connectivity index is 2.24. The summed E-state index contributed by atoms with van der Waals surface area (Å²) in [5, 5.41) is 0. The molecule has 0 aliphatic carbocycles. The van der Waals surface area contributed by atoms with E-state index in [1.54, 1.807) is 6.92 Å². The Labute approximate surface area is 149 Å². The molecule has 142 valence electrons.